The van der Waals surface area contributed by atoms with Crippen LogP contribution in [-0.2, 0) is 4.79 Å². The summed E-state index contributed by atoms with van der Waals surface area (Å²) < 4.78 is 5.62. The molecule has 0 unspecified atom stereocenters. The maximum Gasteiger partial charge on any atom is 0.260 e. The number of hydrogen-bond donors (Lipinski definition) is 1. The quantitative estimate of drug-likeness (QED) is 0.929. The topological polar surface area (TPSA) is 55.6 Å². The highest BCUT2D eigenvalue weighted by atomic mass is 35.5. The standard InChI is InChI=1S/C16H24N2O2.ClH/c1-12(2)13-4-3-5-15(10-13)20-11-16(19)18-8-6-14(17)7-9-18;/h3-5,10,12,14H,6-9,11,17H2,1-2H3;1H. The SMILES string of the molecule is CC(C)c1cccc(OCC(=O)N2CCC(N)CC2)c1.Cl. The van der Waals surface area contributed by atoms with Crippen LogP contribution in [0.1, 0.15) is 38.2 Å². The fourth-order valence-electron chi connectivity index (χ4n) is 2.35. The minimum atomic E-state index is 0. The van der Waals surface area contributed by atoms with Gasteiger partial charge in [0.2, 0.25) is 0 Å². The molecule has 0 atom stereocenters. The number of nitrogens with zero attached hydrogens (tertiary/aromatic N) is 1. The lowest BCUT2D eigenvalue weighted by Gasteiger charge is -2.30. The lowest BCUT2D eigenvalue weighted by Crippen LogP contribution is -2.44. The Morgan fingerprint density at radius 1 is 1.38 bits per heavy atom. The highest BCUT2D eigenvalue weighted by Crippen LogP contribution is 2.20. The fraction of sp³-hybridized carbons (Fsp3) is 0.562. The van der Waals surface area contributed by atoms with E-state index in [1.54, 1.807) is 0 Å². The number of carbonyl (C=O) groups is 1. The van der Waals surface area contributed by atoms with Crippen LogP contribution < -0.4 is 10.5 Å². The predicted molar refractivity (Wildman–Crippen MR) is 87.1 cm³/mol. The van der Waals surface area contributed by atoms with Gasteiger partial charge in [-0.15, -0.1) is 12.4 Å². The number of rotatable bonds is 4. The number of benzene rings is 1. The second-order valence-electron chi connectivity index (χ2n) is 5.73. The van der Waals surface area contributed by atoms with E-state index in [2.05, 4.69) is 19.9 Å². The predicted octanol–water partition coefficient (Wildman–Crippen LogP) is 2.56. The molecule has 0 radical (unpaired) electrons. The van der Waals surface area contributed by atoms with E-state index in [9.17, 15) is 4.79 Å². The normalized spacial score (nSPS) is 15.7. The number of likely N-dealkylation sites (tertiary alicyclic amines) is 1. The molecule has 1 aliphatic rings. The highest BCUT2D eigenvalue weighted by Gasteiger charge is 2.20. The van der Waals surface area contributed by atoms with Crippen LogP contribution >= 0.6 is 12.4 Å². The van der Waals surface area contributed by atoms with Crippen molar-refractivity contribution in [3.05, 3.63) is 29.8 Å². The lowest BCUT2D eigenvalue weighted by molar-refractivity contribution is -0.134. The molecule has 5 heteroatoms. The van der Waals surface area contributed by atoms with E-state index in [-0.39, 0.29) is 31.0 Å². The Bertz CT molecular complexity index is 457. The van der Waals surface area contributed by atoms with Crippen molar-refractivity contribution >= 4 is 18.3 Å². The van der Waals surface area contributed by atoms with Crippen LogP contribution in [0.25, 0.3) is 0 Å². The Hall–Kier alpha value is -1.26. The first kappa shape index (κ1) is 17.8. The van der Waals surface area contributed by atoms with Crippen molar-refractivity contribution < 1.29 is 9.53 Å². The first-order valence-electron chi connectivity index (χ1n) is 7.32. The van der Waals surface area contributed by atoms with Crippen molar-refractivity contribution in [1.29, 1.82) is 0 Å². The van der Waals surface area contributed by atoms with E-state index in [0.717, 1.165) is 31.7 Å². The molecule has 1 amide bonds. The van der Waals surface area contributed by atoms with Gasteiger partial charge in [0.25, 0.3) is 5.91 Å². The van der Waals surface area contributed by atoms with Crippen LogP contribution in [-0.4, -0.2) is 36.5 Å². The highest BCUT2D eigenvalue weighted by molar-refractivity contribution is 5.85. The van der Waals surface area contributed by atoms with E-state index < -0.39 is 0 Å². The van der Waals surface area contributed by atoms with Gasteiger partial charge < -0.3 is 15.4 Å². The molecule has 0 bridgehead atoms. The number of halogens is 1. The summed E-state index contributed by atoms with van der Waals surface area (Å²) in [6.45, 7) is 5.88. The molecule has 1 saturated heterocycles. The number of hydrogen-bond acceptors (Lipinski definition) is 3. The third-order valence-corrected chi connectivity index (χ3v) is 3.78. The summed E-state index contributed by atoms with van der Waals surface area (Å²) in [7, 11) is 0. The summed E-state index contributed by atoms with van der Waals surface area (Å²) in [5.41, 5.74) is 7.06. The molecule has 2 rings (SSSR count). The van der Waals surface area contributed by atoms with E-state index in [1.807, 2.05) is 23.1 Å². The molecule has 1 heterocycles. The molecule has 1 aromatic carbocycles. The third kappa shape index (κ3) is 5.21. The Morgan fingerprint density at radius 2 is 2.05 bits per heavy atom. The zero-order valence-corrected chi connectivity index (χ0v) is 13.6. The summed E-state index contributed by atoms with van der Waals surface area (Å²) in [6.07, 6.45) is 1.77. The van der Waals surface area contributed by atoms with Gasteiger partial charge in [0.1, 0.15) is 5.75 Å². The molecule has 0 saturated carbocycles. The van der Waals surface area contributed by atoms with Gasteiger partial charge in [-0.25, -0.2) is 0 Å². The Kier molecular flexibility index (Phi) is 6.99. The summed E-state index contributed by atoms with van der Waals surface area (Å²) in [5.74, 6) is 1.27. The van der Waals surface area contributed by atoms with Gasteiger partial charge in [-0.3, -0.25) is 4.79 Å². The Morgan fingerprint density at radius 3 is 2.67 bits per heavy atom. The summed E-state index contributed by atoms with van der Waals surface area (Å²) >= 11 is 0. The van der Waals surface area contributed by atoms with Crippen LogP contribution in [0.15, 0.2) is 24.3 Å². The lowest BCUT2D eigenvalue weighted by atomic mass is 10.0. The van der Waals surface area contributed by atoms with Gasteiger partial charge in [-0.1, -0.05) is 26.0 Å². The van der Waals surface area contributed by atoms with Crippen molar-refractivity contribution in [3.8, 4) is 5.75 Å². The molecule has 1 fully saturated rings. The van der Waals surface area contributed by atoms with Crippen LogP contribution in [0, 0.1) is 0 Å². The van der Waals surface area contributed by atoms with Gasteiger partial charge in [-0.2, -0.15) is 0 Å². The Balaban J connectivity index is 0.00000220. The van der Waals surface area contributed by atoms with E-state index in [0.29, 0.717) is 5.92 Å². The average molecular weight is 313 g/mol. The zero-order valence-electron chi connectivity index (χ0n) is 12.7. The number of nitrogens with two attached hydrogens (primary N) is 1. The molecule has 21 heavy (non-hydrogen) atoms. The molecule has 118 valence electrons. The van der Waals surface area contributed by atoms with Crippen molar-refractivity contribution in [2.45, 2.75) is 38.6 Å². The molecule has 4 nitrogen and oxygen atoms in total. The number of piperidine rings is 1. The first-order valence-corrected chi connectivity index (χ1v) is 7.32. The Labute approximate surface area is 133 Å². The van der Waals surface area contributed by atoms with Gasteiger partial charge in [-0.05, 0) is 36.5 Å². The molecule has 0 aromatic heterocycles. The van der Waals surface area contributed by atoms with E-state index >= 15 is 0 Å². The van der Waals surface area contributed by atoms with Gasteiger partial charge in [0.05, 0.1) is 0 Å². The maximum atomic E-state index is 12.1. The second-order valence-corrected chi connectivity index (χ2v) is 5.73. The monoisotopic (exact) mass is 312 g/mol. The van der Waals surface area contributed by atoms with Crippen molar-refractivity contribution in [3.63, 3.8) is 0 Å². The zero-order chi connectivity index (χ0) is 14.5. The summed E-state index contributed by atoms with van der Waals surface area (Å²) in [4.78, 5) is 13.9. The molecule has 1 aromatic rings. The van der Waals surface area contributed by atoms with Crippen LogP contribution in [0.2, 0.25) is 0 Å². The van der Waals surface area contributed by atoms with Crippen LogP contribution in [0.4, 0.5) is 0 Å². The first-order chi connectivity index (χ1) is 9.56. The number of amides is 1. The van der Waals surface area contributed by atoms with Crippen molar-refractivity contribution in [2.75, 3.05) is 19.7 Å². The van der Waals surface area contributed by atoms with Gasteiger partial charge >= 0.3 is 0 Å². The number of ether oxygens (including phenoxy) is 1. The van der Waals surface area contributed by atoms with Gasteiger partial charge in [0.15, 0.2) is 6.61 Å². The minimum absolute atomic E-state index is 0. The third-order valence-electron chi connectivity index (χ3n) is 3.78. The van der Waals surface area contributed by atoms with Crippen LogP contribution in [0.3, 0.4) is 0 Å². The summed E-state index contributed by atoms with van der Waals surface area (Å²) in [5, 5.41) is 0. The average Bonchev–Trinajstić information content (AvgIpc) is 2.46. The molecule has 2 N–H and O–H groups in total. The van der Waals surface area contributed by atoms with Crippen LogP contribution in [0.5, 0.6) is 5.75 Å². The molecule has 0 spiro atoms. The van der Waals surface area contributed by atoms with E-state index in [1.165, 1.54) is 5.56 Å². The molecule has 0 aliphatic carbocycles. The smallest absolute Gasteiger partial charge is 0.260 e. The fourth-order valence-corrected chi connectivity index (χ4v) is 2.35. The van der Waals surface area contributed by atoms with Crippen molar-refractivity contribution in [2.24, 2.45) is 5.73 Å². The molecular weight excluding hydrogens is 288 g/mol. The second kappa shape index (κ2) is 8.25. The summed E-state index contributed by atoms with van der Waals surface area (Å²) in [6, 6.07) is 8.18. The molecule has 1 aliphatic heterocycles. The number of carbonyl (C=O) groups excluding carboxylic acids is 1. The van der Waals surface area contributed by atoms with Gasteiger partial charge in [0, 0.05) is 19.1 Å². The minimum Gasteiger partial charge on any atom is -0.484 e. The van der Waals surface area contributed by atoms with Crippen molar-refractivity contribution in [1.82, 2.24) is 4.90 Å². The van der Waals surface area contributed by atoms with E-state index in [4.69, 9.17) is 10.5 Å². The molecular formula is C16H25ClN2O2. The largest absolute Gasteiger partial charge is 0.484 e. The maximum absolute atomic E-state index is 12.1.